The zero-order valence-corrected chi connectivity index (χ0v) is 41.3. The summed E-state index contributed by atoms with van der Waals surface area (Å²) in [4.78, 5) is 47.9. The topological polar surface area (TPSA) is 222 Å². The molecular weight excluding hydrogens is 981 g/mol. The Labute approximate surface area is 406 Å². The van der Waals surface area contributed by atoms with Crippen LogP contribution in [-0.4, -0.2) is 103 Å². The van der Waals surface area contributed by atoms with Crippen molar-refractivity contribution in [2.24, 2.45) is 25.4 Å². The molecule has 1 aromatic heterocycles. The number of carbonyl (C=O) groups excluding carboxylic acids is 4. The molecule has 3 heterocycles. The second kappa shape index (κ2) is 29.3. The molecule has 18 nitrogen and oxygen atoms in total. The predicted octanol–water partition coefficient (Wildman–Crippen LogP) is 11.0. The van der Waals surface area contributed by atoms with E-state index in [1.807, 2.05) is 39.1 Å². The quantitative estimate of drug-likeness (QED) is 0.0259. The molecule has 0 spiro atoms. The van der Waals surface area contributed by atoms with Gasteiger partial charge in [0.25, 0.3) is 5.13 Å². The molecule has 0 fully saturated rings. The number of esters is 2. The fraction of sp³-hybridized carbons (Fsp3) is 0.500. The van der Waals surface area contributed by atoms with Crippen LogP contribution in [0, 0.1) is 0 Å². The molecule has 1 unspecified atom stereocenters. The number of thioether (sulfide) groups is 1. The van der Waals surface area contributed by atoms with Gasteiger partial charge in [-0.2, -0.15) is 26.3 Å². The minimum absolute atomic E-state index is 0.00283. The molecule has 0 bridgehead atoms. The summed E-state index contributed by atoms with van der Waals surface area (Å²) in [6.07, 6.45) is 0.743. The van der Waals surface area contributed by atoms with Crippen LogP contribution in [-0.2, 0) is 47.7 Å². The van der Waals surface area contributed by atoms with E-state index >= 15 is 0 Å². The molecule has 3 aromatic rings. The normalized spacial score (nSPS) is 14.0. The Morgan fingerprint density at radius 1 is 0.855 bits per heavy atom. The first kappa shape index (κ1) is 59.3. The van der Waals surface area contributed by atoms with Gasteiger partial charge in [0.15, 0.2) is 0 Å². The Morgan fingerprint density at radius 3 is 1.90 bits per heavy atom. The van der Waals surface area contributed by atoms with E-state index in [9.17, 15) is 40.1 Å². The van der Waals surface area contributed by atoms with E-state index in [-0.39, 0.29) is 55.7 Å². The molecule has 5 rings (SSSR count). The highest BCUT2D eigenvalue weighted by atomic mass is 32.2. The molecule has 380 valence electrons. The van der Waals surface area contributed by atoms with Crippen molar-refractivity contribution in [2.45, 2.75) is 97.5 Å². The van der Waals surface area contributed by atoms with Crippen LogP contribution >= 0.6 is 23.1 Å². The van der Waals surface area contributed by atoms with E-state index in [1.165, 1.54) is 19.2 Å². The predicted molar refractivity (Wildman–Crippen MR) is 257 cm³/mol. The number of carbonyl (C=O) groups is 4. The number of hydrogen-bond donors (Lipinski definition) is 2. The third-order valence-corrected chi connectivity index (χ3v) is 11.5. The van der Waals surface area contributed by atoms with Crippen LogP contribution in [0.2, 0.25) is 0 Å². The summed E-state index contributed by atoms with van der Waals surface area (Å²) in [5.74, 6) is -1.26. The van der Waals surface area contributed by atoms with Gasteiger partial charge in [-0.15, -0.1) is 30.7 Å². The van der Waals surface area contributed by atoms with Gasteiger partial charge in [-0.1, -0.05) is 38.7 Å². The van der Waals surface area contributed by atoms with Gasteiger partial charge in [0.1, 0.15) is 25.0 Å². The standard InChI is InChI=1S/C21H28F3N5O3S2.C19H23F3N6O2S.2CH2O/c1-5-9-29-10-7-8-15-12-16(17(13-18(15)29)28-34(31)21(22,23)24)26-27-20(25-4)33-14(3)19(30)32-11-6-2;1-4-7-28-8-5-6-12-9-14(13(10-15(12)28)23-19(20,21)22)24-26-18-27-25-16(31-18)17(29)30-11(2)3;2*1-2/h12-13,28H,3,5-11H2,1-2,4H3;9-11,23H,4-8H2,1-3H3;2*1H2. The Kier molecular flexibility index (Phi) is 25.1. The average molecular weight is 1040 g/mol. The largest absolute Gasteiger partial charge is 0.490 e. The summed E-state index contributed by atoms with van der Waals surface area (Å²) in [6, 6.07) is 6.25. The van der Waals surface area contributed by atoms with Gasteiger partial charge < -0.3 is 28.9 Å². The van der Waals surface area contributed by atoms with Crippen molar-refractivity contribution < 1.29 is 59.2 Å². The fourth-order valence-electron chi connectivity index (χ4n) is 6.39. The van der Waals surface area contributed by atoms with Crippen molar-refractivity contribution in [2.75, 3.05) is 59.7 Å². The van der Waals surface area contributed by atoms with Gasteiger partial charge in [-0.25, -0.2) is 13.8 Å². The molecule has 69 heavy (non-hydrogen) atoms. The van der Waals surface area contributed by atoms with Gasteiger partial charge in [-0.3, -0.25) is 15.0 Å². The molecule has 1 atom stereocenters. The van der Waals surface area contributed by atoms with Crippen LogP contribution in [0.25, 0.3) is 0 Å². The highest BCUT2D eigenvalue weighted by molar-refractivity contribution is 8.17. The van der Waals surface area contributed by atoms with E-state index in [2.05, 4.69) is 52.0 Å². The lowest BCUT2D eigenvalue weighted by Gasteiger charge is -2.32. The number of rotatable bonds is 16. The van der Waals surface area contributed by atoms with Crippen LogP contribution in [0.5, 0.6) is 0 Å². The number of nitrogens with one attached hydrogen (secondary N) is 2. The lowest BCUT2D eigenvalue weighted by molar-refractivity contribution is -0.138. The number of anilines is 4. The maximum atomic E-state index is 13.1. The Morgan fingerprint density at radius 2 is 1.41 bits per heavy atom. The third kappa shape index (κ3) is 19.2. The van der Waals surface area contributed by atoms with Crippen LogP contribution in [0.15, 0.2) is 61.2 Å². The van der Waals surface area contributed by atoms with E-state index in [4.69, 9.17) is 19.1 Å². The number of benzene rings is 2. The zero-order valence-electron chi connectivity index (χ0n) is 38.9. The Hall–Kier alpha value is -5.83. The number of ether oxygens (including phenoxy) is 2. The van der Waals surface area contributed by atoms with Crippen LogP contribution in [0.1, 0.15) is 87.7 Å². The summed E-state index contributed by atoms with van der Waals surface area (Å²) in [7, 11) is -1.90. The van der Waals surface area contributed by atoms with Crippen molar-refractivity contribution >= 4 is 104 Å². The first-order chi connectivity index (χ1) is 32.8. The summed E-state index contributed by atoms with van der Waals surface area (Å²) in [6.45, 7) is 20.3. The molecule has 0 saturated carbocycles. The number of aryl methyl sites for hydroxylation is 2. The van der Waals surface area contributed by atoms with Crippen molar-refractivity contribution in [3.8, 4) is 0 Å². The van der Waals surface area contributed by atoms with Gasteiger partial charge in [0.2, 0.25) is 21.2 Å². The fourth-order valence-corrected chi connectivity index (χ4v) is 7.95. The average Bonchev–Trinajstić information content (AvgIpc) is 3.79. The number of amidine groups is 1. The van der Waals surface area contributed by atoms with E-state index in [0.29, 0.717) is 6.42 Å². The van der Waals surface area contributed by atoms with Crippen molar-refractivity contribution in [1.82, 2.24) is 10.2 Å². The van der Waals surface area contributed by atoms with Crippen molar-refractivity contribution in [1.29, 1.82) is 0 Å². The SMILES string of the molecule is C=C(SC(N=Nc1cc2c(cc1NS(=O)C(F)(F)F)N(CCC)CCC2)=NC)C(=O)OCCC.C=O.C=O.CCCN1CCCc2cc(N=Nc3nnc(C(=O)OC(C)C)s3)c(NC(F)(F)F)cc21. The highest BCUT2D eigenvalue weighted by Crippen LogP contribution is 2.41. The molecular formula is C42H55F6N11O7S3. The number of alkyl halides is 6. The second-order valence-corrected chi connectivity index (χ2v) is 17.8. The molecule has 0 saturated heterocycles. The van der Waals surface area contributed by atoms with Crippen molar-refractivity contribution in [3.63, 3.8) is 0 Å². The number of azo groups is 2. The Bertz CT molecular complexity index is 2290. The zero-order chi connectivity index (χ0) is 51.9. The first-order valence-corrected chi connectivity index (χ1v) is 23.9. The van der Waals surface area contributed by atoms with E-state index in [0.717, 1.165) is 110 Å². The molecule has 2 N–H and O–H groups in total. The summed E-state index contributed by atoms with van der Waals surface area (Å²) in [5, 5.41) is 25.0. The summed E-state index contributed by atoms with van der Waals surface area (Å²) >= 11 is 1.68. The van der Waals surface area contributed by atoms with Crippen LogP contribution in [0.3, 0.4) is 0 Å². The van der Waals surface area contributed by atoms with E-state index < -0.39 is 34.7 Å². The number of halogens is 6. The summed E-state index contributed by atoms with van der Waals surface area (Å²) in [5.41, 5.74) is -1.72. The first-order valence-electron chi connectivity index (χ1n) is 21.2. The molecule has 2 aliphatic rings. The van der Waals surface area contributed by atoms with Crippen LogP contribution < -0.4 is 19.8 Å². The minimum Gasteiger partial charge on any atom is -0.462 e. The second-order valence-electron chi connectivity index (χ2n) is 14.5. The number of hydrogen-bond acceptors (Lipinski definition) is 18. The number of aromatic nitrogens is 2. The van der Waals surface area contributed by atoms with Gasteiger partial charge in [0.05, 0.1) is 29.0 Å². The molecule has 2 aliphatic heterocycles. The van der Waals surface area contributed by atoms with Crippen molar-refractivity contribution in [3.05, 3.63) is 51.9 Å². The van der Waals surface area contributed by atoms with Gasteiger partial charge in [-0.05, 0) is 106 Å². The molecule has 0 amide bonds. The van der Waals surface area contributed by atoms with Gasteiger partial charge in [0, 0.05) is 44.6 Å². The highest BCUT2D eigenvalue weighted by Gasteiger charge is 2.38. The minimum atomic E-state index is -4.95. The number of fused-ring (bicyclic) bond motifs is 2. The maximum Gasteiger partial charge on any atom is 0.490 e. The van der Waals surface area contributed by atoms with Crippen LogP contribution in [0.4, 0.5) is 65.6 Å². The number of nitrogens with zero attached hydrogens (tertiary/aromatic N) is 9. The monoisotopic (exact) mass is 1040 g/mol. The maximum absolute atomic E-state index is 13.1. The molecule has 27 heteroatoms. The third-order valence-electron chi connectivity index (χ3n) is 8.99. The molecule has 2 aromatic carbocycles. The van der Waals surface area contributed by atoms with E-state index in [1.54, 1.807) is 31.3 Å². The smallest absolute Gasteiger partial charge is 0.462 e. The lowest BCUT2D eigenvalue weighted by Crippen LogP contribution is -2.30. The molecule has 0 aliphatic carbocycles. The Balaban J connectivity index is 0.000000443. The lowest BCUT2D eigenvalue weighted by atomic mass is 10.00. The van der Waals surface area contributed by atoms with Gasteiger partial charge >= 0.3 is 23.7 Å². The number of aliphatic imine (C=N–C) groups is 1. The molecule has 0 radical (unpaired) electrons. The summed E-state index contributed by atoms with van der Waals surface area (Å²) < 4.78 is 102.